The molecule has 0 spiro atoms. The minimum absolute atomic E-state index is 0. The van der Waals surface area contributed by atoms with E-state index in [4.69, 9.17) is 4.74 Å². The number of hydrogen-bond donors (Lipinski definition) is 0. The van der Waals surface area contributed by atoms with Crippen LogP contribution in [-0.2, 0) is 10.9 Å². The van der Waals surface area contributed by atoms with Crippen molar-refractivity contribution in [2.24, 2.45) is 0 Å². The van der Waals surface area contributed by atoms with Crippen molar-refractivity contribution in [2.45, 2.75) is 57.3 Å². The summed E-state index contributed by atoms with van der Waals surface area (Å²) >= 11 is 0. The molecule has 2 rings (SSSR count). The second-order valence-corrected chi connectivity index (χ2v) is 7.66. The largest absolute Gasteiger partial charge is 1.00 e. The van der Waals surface area contributed by atoms with Crippen LogP contribution in [0.1, 0.15) is 54.9 Å². The third-order valence-electron chi connectivity index (χ3n) is 5.11. The molecule has 1 unspecified atom stereocenters. The van der Waals surface area contributed by atoms with E-state index in [-0.39, 0.29) is 24.0 Å². The minimum Gasteiger partial charge on any atom is -1.00 e. The number of carbonyl (C=O) groups is 1. The number of benzene rings is 1. The predicted molar refractivity (Wildman–Crippen MR) is 90.1 cm³/mol. The van der Waals surface area contributed by atoms with Gasteiger partial charge in [0.15, 0.2) is 0 Å². The molecule has 0 bridgehead atoms. The van der Waals surface area contributed by atoms with Crippen LogP contribution in [0.5, 0.6) is 0 Å². The second-order valence-electron chi connectivity index (χ2n) is 7.66. The summed E-state index contributed by atoms with van der Waals surface area (Å²) in [6.45, 7) is 2.19. The highest BCUT2D eigenvalue weighted by molar-refractivity contribution is 5.91. The van der Waals surface area contributed by atoms with Gasteiger partial charge in [-0.05, 0) is 50.8 Å². The maximum absolute atomic E-state index is 13.2. The number of likely N-dealkylation sites (N-methyl/N-ethyl adjacent to an activating group) is 1. The van der Waals surface area contributed by atoms with Crippen molar-refractivity contribution in [3.8, 4) is 0 Å². The lowest BCUT2D eigenvalue weighted by Gasteiger charge is -2.41. The smallest absolute Gasteiger partial charge is 0.417 e. The first-order valence-electron chi connectivity index (χ1n) is 8.91. The molecule has 3 nitrogen and oxygen atoms in total. The number of halogens is 5. The summed E-state index contributed by atoms with van der Waals surface area (Å²) in [7, 11) is 4.11. The molecule has 1 aliphatic carbocycles. The van der Waals surface area contributed by atoms with Gasteiger partial charge in [0.1, 0.15) is 18.5 Å². The van der Waals surface area contributed by atoms with E-state index < -0.39 is 35.2 Å². The van der Waals surface area contributed by atoms with Crippen LogP contribution in [0.25, 0.3) is 0 Å². The molecule has 1 fully saturated rings. The maximum Gasteiger partial charge on any atom is 0.417 e. The van der Waals surface area contributed by atoms with E-state index in [0.29, 0.717) is 23.1 Å². The van der Waals surface area contributed by atoms with E-state index in [2.05, 4.69) is 14.1 Å². The summed E-state index contributed by atoms with van der Waals surface area (Å²) in [5, 5.41) is 0. The Labute approximate surface area is 174 Å². The lowest BCUT2D eigenvalue weighted by molar-refractivity contribution is -0.918. The molecule has 1 aromatic carbocycles. The quantitative estimate of drug-likeness (QED) is 0.265. The molecule has 27 heavy (non-hydrogen) atoms. The van der Waals surface area contributed by atoms with Gasteiger partial charge in [0, 0.05) is 0 Å². The van der Waals surface area contributed by atoms with Gasteiger partial charge in [-0.3, -0.25) is 0 Å². The highest BCUT2D eigenvalue weighted by Crippen LogP contribution is 2.33. The molecule has 1 aromatic rings. The van der Waals surface area contributed by atoms with Crippen molar-refractivity contribution < 1.29 is 55.6 Å². The number of hydrogen-bond acceptors (Lipinski definition) is 2. The van der Waals surface area contributed by atoms with Crippen molar-refractivity contribution in [3.05, 3.63) is 35.1 Å². The normalized spacial score (nSPS) is 17.1. The summed E-state index contributed by atoms with van der Waals surface area (Å²) in [4.78, 5) is 12.2. The second kappa shape index (κ2) is 9.54. The molecule has 154 valence electrons. The van der Waals surface area contributed by atoms with E-state index in [9.17, 15) is 22.4 Å². The third kappa shape index (κ3) is 6.58. The van der Waals surface area contributed by atoms with Gasteiger partial charge in [-0.25, -0.2) is 9.18 Å². The molecule has 0 saturated heterocycles. The zero-order chi connectivity index (χ0) is 19.5. The minimum atomic E-state index is -4.82. The third-order valence-corrected chi connectivity index (χ3v) is 5.11. The molecule has 0 aromatic heterocycles. The van der Waals surface area contributed by atoms with Crippen LogP contribution in [0, 0.1) is 5.82 Å². The Bertz CT molecular complexity index is 643. The van der Waals surface area contributed by atoms with Crippen molar-refractivity contribution in [1.29, 1.82) is 0 Å². The molecule has 0 N–H and O–H groups in total. The van der Waals surface area contributed by atoms with Crippen LogP contribution in [0.15, 0.2) is 18.2 Å². The summed E-state index contributed by atoms with van der Waals surface area (Å²) in [6.07, 6.45) is 0.401. The van der Waals surface area contributed by atoms with E-state index in [1.807, 2.05) is 0 Å². The first-order chi connectivity index (χ1) is 12.0. The summed E-state index contributed by atoms with van der Waals surface area (Å²) in [5.74, 6) is -2.12. The van der Waals surface area contributed by atoms with Crippen LogP contribution in [0.4, 0.5) is 17.6 Å². The SMILES string of the molecule is CC(C[N+](C)(C)C1CCCCC1)OC(=O)c1ccc(F)cc1C(F)(F)F.[I-]. The number of alkyl halides is 3. The fraction of sp³-hybridized carbons (Fsp3) is 0.632. The average Bonchev–Trinajstić information content (AvgIpc) is 2.54. The number of carbonyl (C=O) groups excluding carboxylic acids is 1. The summed E-state index contributed by atoms with van der Waals surface area (Å²) < 4.78 is 58.3. The van der Waals surface area contributed by atoms with Gasteiger partial charge < -0.3 is 33.2 Å². The zero-order valence-corrected chi connectivity index (χ0v) is 17.9. The lowest BCUT2D eigenvalue weighted by Crippen LogP contribution is -3.00. The number of nitrogens with zero attached hydrogens (tertiary/aromatic N) is 1. The zero-order valence-electron chi connectivity index (χ0n) is 15.8. The van der Waals surface area contributed by atoms with E-state index in [1.54, 1.807) is 6.92 Å². The van der Waals surface area contributed by atoms with Crippen LogP contribution < -0.4 is 24.0 Å². The van der Waals surface area contributed by atoms with Crippen molar-refractivity contribution in [3.63, 3.8) is 0 Å². The first-order valence-corrected chi connectivity index (χ1v) is 8.91. The van der Waals surface area contributed by atoms with Gasteiger partial charge in [0.05, 0.1) is 31.3 Å². The number of quaternary nitrogens is 1. The Morgan fingerprint density at radius 2 is 1.81 bits per heavy atom. The molecule has 0 amide bonds. The van der Waals surface area contributed by atoms with Crippen molar-refractivity contribution >= 4 is 5.97 Å². The maximum atomic E-state index is 13.2. The molecule has 1 aliphatic rings. The van der Waals surface area contributed by atoms with Gasteiger partial charge in [-0.15, -0.1) is 0 Å². The number of ether oxygens (including phenoxy) is 1. The van der Waals surface area contributed by atoms with Crippen LogP contribution in [0.2, 0.25) is 0 Å². The van der Waals surface area contributed by atoms with Crippen LogP contribution in [-0.4, -0.2) is 43.2 Å². The Hall–Kier alpha value is -0.900. The highest BCUT2D eigenvalue weighted by Gasteiger charge is 2.37. The molecule has 0 heterocycles. The van der Waals surface area contributed by atoms with Gasteiger partial charge in [0.25, 0.3) is 0 Å². The molecule has 1 saturated carbocycles. The Morgan fingerprint density at radius 1 is 1.22 bits per heavy atom. The fourth-order valence-electron chi connectivity index (χ4n) is 3.80. The van der Waals surface area contributed by atoms with E-state index in [0.717, 1.165) is 25.0 Å². The molecule has 8 heteroatoms. The molecular weight excluding hydrogens is 477 g/mol. The monoisotopic (exact) mass is 503 g/mol. The summed E-state index contributed by atoms with van der Waals surface area (Å²) in [5.41, 5.74) is -1.97. The highest BCUT2D eigenvalue weighted by atomic mass is 127. The fourth-order valence-corrected chi connectivity index (χ4v) is 3.80. The first kappa shape index (κ1) is 24.1. The lowest BCUT2D eigenvalue weighted by atomic mass is 9.93. The Balaban J connectivity index is 0.00000364. The molecule has 1 atom stereocenters. The molecule has 0 radical (unpaired) electrons. The predicted octanol–water partition coefficient (Wildman–Crippen LogP) is 1.80. The van der Waals surface area contributed by atoms with E-state index >= 15 is 0 Å². The van der Waals surface area contributed by atoms with E-state index in [1.165, 1.54) is 19.3 Å². The molecular formula is C19H26F4INO2. The average molecular weight is 503 g/mol. The Morgan fingerprint density at radius 3 is 2.37 bits per heavy atom. The van der Waals surface area contributed by atoms with Crippen molar-refractivity contribution in [2.75, 3.05) is 20.6 Å². The Kier molecular flexibility index (Phi) is 8.53. The topological polar surface area (TPSA) is 26.3 Å². The van der Waals surface area contributed by atoms with Crippen LogP contribution in [0.3, 0.4) is 0 Å². The van der Waals surface area contributed by atoms with Gasteiger partial charge >= 0.3 is 12.1 Å². The number of esters is 1. The van der Waals surface area contributed by atoms with Gasteiger partial charge in [0.2, 0.25) is 0 Å². The van der Waals surface area contributed by atoms with Crippen LogP contribution >= 0.6 is 0 Å². The summed E-state index contributed by atoms with van der Waals surface area (Å²) in [6, 6.07) is 2.44. The van der Waals surface area contributed by atoms with Gasteiger partial charge in [-0.2, -0.15) is 13.2 Å². The molecule has 0 aliphatic heterocycles. The number of rotatable bonds is 5. The van der Waals surface area contributed by atoms with Gasteiger partial charge in [-0.1, -0.05) is 6.42 Å². The standard InChI is InChI=1S/C19H26F4NO2.HI/c1-13(12-24(2,3)15-7-5-4-6-8-15)26-18(25)16-10-9-14(20)11-17(16)19(21,22)23;/h9-11,13,15H,4-8,12H2,1-3H3;1H/q+1;/p-1. The van der Waals surface area contributed by atoms with Crippen molar-refractivity contribution in [1.82, 2.24) is 0 Å².